The van der Waals surface area contributed by atoms with Gasteiger partial charge in [-0.2, -0.15) is 0 Å². The van der Waals surface area contributed by atoms with Crippen LogP contribution >= 0.6 is 12.4 Å². The van der Waals surface area contributed by atoms with Crippen LogP contribution in [0.2, 0.25) is 0 Å². The highest BCUT2D eigenvalue weighted by Gasteiger charge is 2.32. The van der Waals surface area contributed by atoms with Crippen molar-refractivity contribution in [1.82, 2.24) is 4.90 Å². The first kappa shape index (κ1) is 19.6. The number of aliphatic hydroxyl groups is 1. The fourth-order valence-electron chi connectivity index (χ4n) is 3.56. The minimum absolute atomic E-state index is 0. The fourth-order valence-corrected chi connectivity index (χ4v) is 3.56. The van der Waals surface area contributed by atoms with Crippen LogP contribution in [-0.4, -0.2) is 43.4 Å². The molecule has 0 aromatic heterocycles. The first-order chi connectivity index (χ1) is 11.7. The van der Waals surface area contributed by atoms with E-state index in [4.69, 9.17) is 9.47 Å². The van der Waals surface area contributed by atoms with Gasteiger partial charge >= 0.3 is 0 Å². The van der Waals surface area contributed by atoms with Gasteiger partial charge in [-0.1, -0.05) is 36.4 Å². The molecule has 5 heteroatoms. The number of nitrogens with zero attached hydrogens (tertiary/aromatic N) is 1. The fraction of sp³-hybridized carbons (Fsp3) is 0.400. The number of hydrogen-bond acceptors (Lipinski definition) is 4. The Kier molecular flexibility index (Phi) is 7.12. The molecule has 0 aliphatic carbocycles. The van der Waals surface area contributed by atoms with Gasteiger partial charge in [-0.05, 0) is 30.7 Å². The molecule has 2 unspecified atom stereocenters. The summed E-state index contributed by atoms with van der Waals surface area (Å²) in [6.07, 6.45) is 0.442. The number of methoxy groups -OCH3 is 2. The average molecular weight is 364 g/mol. The number of ether oxygens (including phenoxy) is 2. The van der Waals surface area contributed by atoms with Crippen LogP contribution in [-0.2, 0) is 6.54 Å². The molecule has 4 nitrogen and oxygen atoms in total. The summed E-state index contributed by atoms with van der Waals surface area (Å²) in [6.45, 7) is 2.46. The van der Waals surface area contributed by atoms with Gasteiger partial charge in [0, 0.05) is 24.6 Å². The molecule has 0 spiro atoms. The van der Waals surface area contributed by atoms with Gasteiger partial charge in [0.25, 0.3) is 0 Å². The predicted octanol–water partition coefficient (Wildman–Crippen LogP) is 3.48. The van der Waals surface area contributed by atoms with Crippen molar-refractivity contribution in [3.8, 4) is 11.5 Å². The third-order valence-electron chi connectivity index (χ3n) is 4.75. The monoisotopic (exact) mass is 363 g/mol. The van der Waals surface area contributed by atoms with E-state index in [-0.39, 0.29) is 18.3 Å². The SMILES string of the molecule is COc1cccc(OC)c1C1CCN(Cc2ccccc2)CC1O.Cl. The topological polar surface area (TPSA) is 41.9 Å². The van der Waals surface area contributed by atoms with Gasteiger partial charge < -0.3 is 14.6 Å². The van der Waals surface area contributed by atoms with Crippen molar-refractivity contribution in [2.24, 2.45) is 0 Å². The minimum atomic E-state index is -0.437. The molecule has 1 saturated heterocycles. The van der Waals surface area contributed by atoms with Crippen molar-refractivity contribution >= 4 is 12.4 Å². The maximum absolute atomic E-state index is 10.8. The smallest absolute Gasteiger partial charge is 0.126 e. The highest BCUT2D eigenvalue weighted by molar-refractivity contribution is 5.85. The second-order valence-electron chi connectivity index (χ2n) is 6.26. The molecule has 2 atom stereocenters. The van der Waals surface area contributed by atoms with Gasteiger partial charge in [0.2, 0.25) is 0 Å². The maximum Gasteiger partial charge on any atom is 0.126 e. The lowest BCUT2D eigenvalue weighted by molar-refractivity contribution is 0.0461. The second kappa shape index (κ2) is 9.09. The minimum Gasteiger partial charge on any atom is -0.496 e. The van der Waals surface area contributed by atoms with Crippen LogP contribution in [0.5, 0.6) is 11.5 Å². The van der Waals surface area contributed by atoms with Gasteiger partial charge in [-0.3, -0.25) is 4.90 Å². The summed E-state index contributed by atoms with van der Waals surface area (Å²) in [7, 11) is 3.32. The molecule has 1 aliphatic heterocycles. The first-order valence-electron chi connectivity index (χ1n) is 8.38. The number of likely N-dealkylation sites (tertiary alicyclic amines) is 1. The number of halogens is 1. The summed E-state index contributed by atoms with van der Waals surface area (Å²) < 4.78 is 11.0. The molecule has 1 aliphatic rings. The van der Waals surface area contributed by atoms with Gasteiger partial charge in [0.05, 0.1) is 20.3 Å². The Morgan fingerprint density at radius 3 is 2.20 bits per heavy atom. The van der Waals surface area contributed by atoms with Crippen molar-refractivity contribution in [2.75, 3.05) is 27.3 Å². The van der Waals surface area contributed by atoms with E-state index >= 15 is 0 Å². The van der Waals surface area contributed by atoms with Gasteiger partial charge in [0.15, 0.2) is 0 Å². The number of hydrogen-bond donors (Lipinski definition) is 1. The summed E-state index contributed by atoms with van der Waals surface area (Å²) in [4.78, 5) is 2.30. The van der Waals surface area contributed by atoms with E-state index in [0.717, 1.165) is 36.6 Å². The van der Waals surface area contributed by atoms with E-state index in [0.29, 0.717) is 6.54 Å². The summed E-state index contributed by atoms with van der Waals surface area (Å²) in [5.41, 5.74) is 2.26. The van der Waals surface area contributed by atoms with Crippen molar-refractivity contribution in [3.05, 3.63) is 59.7 Å². The molecule has 1 fully saturated rings. The van der Waals surface area contributed by atoms with Crippen LogP contribution in [0.25, 0.3) is 0 Å². The molecule has 1 N–H and O–H groups in total. The predicted molar refractivity (Wildman–Crippen MR) is 102 cm³/mol. The Balaban J connectivity index is 0.00000225. The van der Waals surface area contributed by atoms with Crippen molar-refractivity contribution in [2.45, 2.75) is 25.0 Å². The Labute approximate surface area is 155 Å². The molecule has 0 bridgehead atoms. The highest BCUT2D eigenvalue weighted by atomic mass is 35.5. The number of piperidine rings is 1. The Hall–Kier alpha value is -1.75. The zero-order valence-electron chi connectivity index (χ0n) is 14.7. The molecular weight excluding hydrogens is 338 g/mol. The Morgan fingerprint density at radius 2 is 1.64 bits per heavy atom. The largest absolute Gasteiger partial charge is 0.496 e. The first-order valence-corrected chi connectivity index (χ1v) is 8.38. The number of β-amino-alcohol motifs (C(OH)–C–C–N with tert-alkyl or cyclic N) is 1. The van der Waals surface area contributed by atoms with Gasteiger partial charge in [0.1, 0.15) is 11.5 Å². The average Bonchev–Trinajstić information content (AvgIpc) is 2.62. The molecule has 0 radical (unpaired) electrons. The summed E-state index contributed by atoms with van der Waals surface area (Å²) >= 11 is 0. The zero-order valence-corrected chi connectivity index (χ0v) is 15.5. The number of rotatable bonds is 5. The lowest BCUT2D eigenvalue weighted by Gasteiger charge is -2.37. The van der Waals surface area contributed by atoms with E-state index in [1.54, 1.807) is 14.2 Å². The van der Waals surface area contributed by atoms with E-state index in [9.17, 15) is 5.11 Å². The van der Waals surface area contributed by atoms with Crippen LogP contribution in [0.4, 0.5) is 0 Å². The van der Waals surface area contributed by atoms with Crippen molar-refractivity contribution < 1.29 is 14.6 Å². The number of benzene rings is 2. The standard InChI is InChI=1S/C20H25NO3.ClH/c1-23-18-9-6-10-19(24-2)20(18)16-11-12-21(14-17(16)22)13-15-7-4-3-5-8-15;/h3-10,16-17,22H,11-14H2,1-2H3;1H. The van der Waals surface area contributed by atoms with Crippen molar-refractivity contribution in [1.29, 1.82) is 0 Å². The van der Waals surface area contributed by atoms with Crippen LogP contribution in [0, 0.1) is 0 Å². The molecular formula is C20H26ClNO3. The molecule has 2 aromatic carbocycles. The zero-order chi connectivity index (χ0) is 16.9. The van der Waals surface area contributed by atoms with E-state index in [2.05, 4.69) is 29.2 Å². The van der Waals surface area contributed by atoms with Crippen LogP contribution in [0.1, 0.15) is 23.5 Å². The Morgan fingerprint density at radius 1 is 1.00 bits per heavy atom. The summed E-state index contributed by atoms with van der Waals surface area (Å²) in [6, 6.07) is 16.2. The van der Waals surface area contributed by atoms with Gasteiger partial charge in [-0.25, -0.2) is 0 Å². The second-order valence-corrected chi connectivity index (χ2v) is 6.26. The molecule has 25 heavy (non-hydrogen) atoms. The highest BCUT2D eigenvalue weighted by Crippen LogP contribution is 2.40. The van der Waals surface area contributed by atoms with E-state index in [1.165, 1.54) is 5.56 Å². The lowest BCUT2D eigenvalue weighted by Crippen LogP contribution is -2.42. The van der Waals surface area contributed by atoms with Crippen LogP contribution < -0.4 is 9.47 Å². The molecule has 3 rings (SSSR count). The van der Waals surface area contributed by atoms with E-state index in [1.807, 2.05) is 24.3 Å². The quantitative estimate of drug-likeness (QED) is 0.883. The summed E-state index contributed by atoms with van der Waals surface area (Å²) in [5, 5.41) is 10.8. The Bertz CT molecular complexity index is 643. The number of aliphatic hydroxyl groups excluding tert-OH is 1. The molecule has 2 aromatic rings. The molecule has 0 amide bonds. The lowest BCUT2D eigenvalue weighted by atomic mass is 9.85. The van der Waals surface area contributed by atoms with Crippen LogP contribution in [0.15, 0.2) is 48.5 Å². The molecule has 136 valence electrons. The normalized spacial score (nSPS) is 20.6. The third-order valence-corrected chi connectivity index (χ3v) is 4.75. The maximum atomic E-state index is 10.8. The van der Waals surface area contributed by atoms with E-state index < -0.39 is 6.10 Å². The molecule has 1 heterocycles. The van der Waals surface area contributed by atoms with Crippen molar-refractivity contribution in [3.63, 3.8) is 0 Å². The van der Waals surface area contributed by atoms with Crippen LogP contribution in [0.3, 0.4) is 0 Å². The van der Waals surface area contributed by atoms with Gasteiger partial charge in [-0.15, -0.1) is 12.4 Å². The third kappa shape index (κ3) is 4.46. The molecule has 0 saturated carbocycles. The summed E-state index contributed by atoms with van der Waals surface area (Å²) in [5.74, 6) is 1.60.